The van der Waals surface area contributed by atoms with Crippen LogP contribution in [0, 0.1) is 0 Å². The maximum Gasteiger partial charge on any atom is 0.263 e. The topological polar surface area (TPSA) is 72.3 Å². The maximum absolute atomic E-state index is 12.9. The van der Waals surface area contributed by atoms with Gasteiger partial charge >= 0.3 is 0 Å². The largest absolute Gasteiger partial charge is 0.337 e. The summed E-state index contributed by atoms with van der Waals surface area (Å²) in [4.78, 5) is 19.9. The molecule has 1 atom stereocenters. The monoisotopic (exact) mass is 393 g/mol. The molecule has 140 valence electrons. The Hall–Kier alpha value is -1.67. The molecule has 0 radical (unpaired) electrons. The molecule has 2 aromatic heterocycles. The van der Waals surface area contributed by atoms with Crippen LogP contribution in [0.5, 0.6) is 0 Å². The molecule has 26 heavy (non-hydrogen) atoms. The highest BCUT2D eigenvalue weighted by molar-refractivity contribution is 7.92. The van der Waals surface area contributed by atoms with Crippen LogP contribution >= 0.6 is 11.3 Å². The third-order valence-electron chi connectivity index (χ3n) is 5.27. The number of thiophene rings is 1. The predicted octanol–water partition coefficient (Wildman–Crippen LogP) is 2.70. The minimum Gasteiger partial charge on any atom is -0.337 e. The van der Waals surface area contributed by atoms with E-state index >= 15 is 0 Å². The van der Waals surface area contributed by atoms with Crippen molar-refractivity contribution in [1.82, 2.24) is 14.5 Å². The van der Waals surface area contributed by atoms with Crippen LogP contribution in [-0.2, 0) is 22.8 Å². The highest BCUT2D eigenvalue weighted by Crippen LogP contribution is 2.31. The normalized spacial score (nSPS) is 20.8. The lowest BCUT2D eigenvalue weighted by molar-refractivity contribution is 0.0708. The number of likely N-dealkylation sites (tertiary alicyclic amines) is 1. The number of fused-ring (bicyclic) bond motifs is 1. The minimum atomic E-state index is -3.27. The van der Waals surface area contributed by atoms with E-state index in [0.717, 1.165) is 49.5 Å². The van der Waals surface area contributed by atoms with Crippen molar-refractivity contribution in [3.63, 3.8) is 0 Å². The lowest BCUT2D eigenvalue weighted by Crippen LogP contribution is -2.39. The molecule has 4 heterocycles. The Balaban J connectivity index is 1.52. The smallest absolute Gasteiger partial charge is 0.263 e. The van der Waals surface area contributed by atoms with Crippen molar-refractivity contribution >= 4 is 27.1 Å². The molecule has 0 N–H and O–H groups in total. The van der Waals surface area contributed by atoms with Crippen LogP contribution in [0.2, 0.25) is 0 Å². The van der Waals surface area contributed by atoms with Crippen molar-refractivity contribution in [3.8, 4) is 0 Å². The Labute approximate surface area is 157 Å². The van der Waals surface area contributed by atoms with Crippen LogP contribution in [0.4, 0.5) is 0 Å². The zero-order valence-corrected chi connectivity index (χ0v) is 16.5. The van der Waals surface area contributed by atoms with Crippen LogP contribution in [0.3, 0.4) is 0 Å². The molecule has 0 saturated carbocycles. The van der Waals surface area contributed by atoms with E-state index in [1.165, 1.54) is 30.9 Å². The molecule has 1 amide bonds. The van der Waals surface area contributed by atoms with Crippen molar-refractivity contribution in [3.05, 3.63) is 34.7 Å². The first-order valence-corrected chi connectivity index (χ1v) is 11.8. The number of hydrogen-bond donors (Lipinski definition) is 0. The maximum atomic E-state index is 12.9. The van der Waals surface area contributed by atoms with Crippen molar-refractivity contribution in [2.75, 3.05) is 19.3 Å². The van der Waals surface area contributed by atoms with Crippen LogP contribution in [0.1, 0.15) is 52.8 Å². The molecule has 2 aliphatic heterocycles. The molecule has 0 aromatic carbocycles. The summed E-state index contributed by atoms with van der Waals surface area (Å²) in [7, 11) is -3.27. The van der Waals surface area contributed by atoms with Crippen molar-refractivity contribution in [1.29, 1.82) is 0 Å². The van der Waals surface area contributed by atoms with Crippen LogP contribution < -0.4 is 0 Å². The molecular formula is C18H23N3O3S2. The Bertz CT molecular complexity index is 929. The van der Waals surface area contributed by atoms with Crippen molar-refractivity contribution in [2.24, 2.45) is 0 Å². The molecule has 0 aliphatic carbocycles. The van der Waals surface area contributed by atoms with Gasteiger partial charge in [-0.05, 0) is 44.2 Å². The standard InChI is InChI=1S/C18H23N3O3S2/c1-26(23,24)16-8-7-15(25-16)18(22)20-9-4-5-13(12-20)17-19-11-14-6-2-3-10-21(14)17/h7-8,11,13H,2-6,9-10,12H2,1H3. The number of hydrogen-bond acceptors (Lipinski definition) is 5. The Morgan fingerprint density at radius 2 is 2.08 bits per heavy atom. The van der Waals surface area contributed by atoms with Gasteiger partial charge in [0.1, 0.15) is 10.0 Å². The SMILES string of the molecule is CS(=O)(=O)c1ccc(C(=O)N2CCCC(c3ncc4n3CCCC4)C2)s1. The summed E-state index contributed by atoms with van der Waals surface area (Å²) >= 11 is 1.06. The van der Waals surface area contributed by atoms with Gasteiger partial charge in [-0.1, -0.05) is 0 Å². The van der Waals surface area contributed by atoms with Crippen LogP contribution in [0.25, 0.3) is 0 Å². The van der Waals surface area contributed by atoms with Gasteiger partial charge in [0.05, 0.1) is 4.88 Å². The van der Waals surface area contributed by atoms with E-state index in [9.17, 15) is 13.2 Å². The van der Waals surface area contributed by atoms with Gasteiger partial charge in [0.15, 0.2) is 9.84 Å². The van der Waals surface area contributed by atoms with Crippen molar-refractivity contribution < 1.29 is 13.2 Å². The van der Waals surface area contributed by atoms with Gasteiger partial charge in [-0.15, -0.1) is 11.3 Å². The molecular weight excluding hydrogens is 370 g/mol. The lowest BCUT2D eigenvalue weighted by atomic mass is 9.96. The fourth-order valence-electron chi connectivity index (χ4n) is 3.95. The molecule has 1 unspecified atom stereocenters. The first kappa shape index (κ1) is 17.7. The van der Waals surface area contributed by atoms with Gasteiger partial charge in [-0.3, -0.25) is 4.79 Å². The Morgan fingerprint density at radius 3 is 2.85 bits per heavy atom. The molecule has 1 saturated heterocycles. The van der Waals surface area contributed by atoms with E-state index in [0.29, 0.717) is 11.4 Å². The summed E-state index contributed by atoms with van der Waals surface area (Å²) in [5.74, 6) is 1.30. The number of imidazole rings is 1. The van der Waals surface area contributed by atoms with E-state index in [2.05, 4.69) is 9.55 Å². The van der Waals surface area contributed by atoms with Gasteiger partial charge in [0.25, 0.3) is 5.91 Å². The van der Waals surface area contributed by atoms with Crippen molar-refractivity contribution in [2.45, 2.75) is 48.8 Å². The average molecular weight is 394 g/mol. The summed E-state index contributed by atoms with van der Waals surface area (Å²) in [6.45, 7) is 2.40. The summed E-state index contributed by atoms with van der Waals surface area (Å²) in [6, 6.07) is 3.16. The molecule has 0 bridgehead atoms. The second-order valence-electron chi connectivity index (χ2n) is 7.20. The second kappa shape index (κ2) is 6.81. The van der Waals surface area contributed by atoms with Gasteiger partial charge in [0.2, 0.25) is 0 Å². The van der Waals surface area contributed by atoms with Gasteiger partial charge in [-0.25, -0.2) is 13.4 Å². The minimum absolute atomic E-state index is 0.0694. The number of carbonyl (C=O) groups is 1. The number of rotatable bonds is 3. The number of sulfone groups is 1. The fourth-order valence-corrected chi connectivity index (χ4v) is 5.84. The molecule has 8 heteroatoms. The summed E-state index contributed by atoms with van der Waals surface area (Å²) in [5.41, 5.74) is 1.31. The second-order valence-corrected chi connectivity index (χ2v) is 10.5. The number of nitrogens with zero attached hydrogens (tertiary/aromatic N) is 3. The number of aromatic nitrogens is 2. The first-order valence-electron chi connectivity index (χ1n) is 9.07. The molecule has 4 rings (SSSR count). The molecule has 6 nitrogen and oxygen atoms in total. The summed E-state index contributed by atoms with van der Waals surface area (Å²) in [5, 5.41) is 0. The third-order valence-corrected chi connectivity index (χ3v) is 8.16. The number of amides is 1. The van der Waals surface area contributed by atoms with E-state index in [4.69, 9.17) is 0 Å². The number of piperidine rings is 1. The first-order chi connectivity index (χ1) is 12.4. The highest BCUT2D eigenvalue weighted by Gasteiger charge is 2.30. The van der Waals surface area contributed by atoms with E-state index in [1.54, 1.807) is 6.07 Å². The summed E-state index contributed by atoms with van der Waals surface area (Å²) < 4.78 is 25.9. The summed E-state index contributed by atoms with van der Waals surface area (Å²) in [6.07, 6.45) is 8.66. The lowest BCUT2D eigenvalue weighted by Gasteiger charge is -2.33. The zero-order chi connectivity index (χ0) is 18.3. The van der Waals surface area contributed by atoms with Crippen LogP contribution in [0.15, 0.2) is 22.5 Å². The molecule has 1 fully saturated rings. The third kappa shape index (κ3) is 3.32. The molecule has 2 aliphatic rings. The molecule has 0 spiro atoms. The highest BCUT2D eigenvalue weighted by atomic mass is 32.2. The van der Waals surface area contributed by atoms with Gasteiger partial charge in [0, 0.05) is 43.7 Å². The van der Waals surface area contributed by atoms with Gasteiger partial charge < -0.3 is 9.47 Å². The number of aryl methyl sites for hydroxylation is 1. The van der Waals surface area contributed by atoms with E-state index in [-0.39, 0.29) is 16.0 Å². The van der Waals surface area contributed by atoms with Gasteiger partial charge in [-0.2, -0.15) is 0 Å². The van der Waals surface area contributed by atoms with E-state index in [1.807, 2.05) is 11.1 Å². The predicted molar refractivity (Wildman–Crippen MR) is 100 cm³/mol. The molecule has 2 aromatic rings. The zero-order valence-electron chi connectivity index (χ0n) is 14.8. The number of carbonyl (C=O) groups excluding carboxylic acids is 1. The van der Waals surface area contributed by atoms with Crippen LogP contribution in [-0.4, -0.2) is 48.1 Å². The average Bonchev–Trinajstić information content (AvgIpc) is 3.28. The fraction of sp³-hybridized carbons (Fsp3) is 0.556. The quantitative estimate of drug-likeness (QED) is 0.804. The Kier molecular flexibility index (Phi) is 4.64. The Morgan fingerprint density at radius 1 is 1.23 bits per heavy atom. The van der Waals surface area contributed by atoms with E-state index < -0.39 is 9.84 Å².